The second-order valence-electron chi connectivity index (χ2n) is 3.96. The highest BCUT2D eigenvalue weighted by atomic mass is 16.5. The Labute approximate surface area is 84.8 Å². The molecule has 0 atom stereocenters. The summed E-state index contributed by atoms with van der Waals surface area (Å²) >= 11 is 0. The third kappa shape index (κ3) is 4.42. The molecular formula is C11H18O3. The predicted octanol–water partition coefficient (Wildman–Crippen LogP) is 2.22. The molecule has 0 aromatic rings. The molecule has 1 aliphatic carbocycles. The third-order valence-electron chi connectivity index (χ3n) is 2.65. The fourth-order valence-electron chi connectivity index (χ4n) is 1.74. The second kappa shape index (κ2) is 5.81. The van der Waals surface area contributed by atoms with E-state index in [0.29, 0.717) is 12.7 Å². The van der Waals surface area contributed by atoms with E-state index in [1.165, 1.54) is 12.8 Å². The highest BCUT2D eigenvalue weighted by Gasteiger charge is 2.17. The van der Waals surface area contributed by atoms with Crippen molar-refractivity contribution >= 4 is 5.97 Å². The quantitative estimate of drug-likeness (QED) is 0.704. The van der Waals surface area contributed by atoms with Gasteiger partial charge in [0.25, 0.3) is 0 Å². The van der Waals surface area contributed by atoms with E-state index in [9.17, 15) is 4.79 Å². The average Bonchev–Trinajstić information content (AvgIpc) is 2.15. The van der Waals surface area contributed by atoms with Crippen molar-refractivity contribution in [2.75, 3.05) is 6.61 Å². The summed E-state index contributed by atoms with van der Waals surface area (Å²) in [6.07, 6.45) is 7.71. The number of ether oxygens (including phenoxy) is 1. The van der Waals surface area contributed by atoms with E-state index in [1.54, 1.807) is 6.08 Å². The number of carboxylic acids is 1. The summed E-state index contributed by atoms with van der Waals surface area (Å²) in [5, 5.41) is 8.34. The van der Waals surface area contributed by atoms with Gasteiger partial charge in [-0.1, -0.05) is 13.0 Å². The third-order valence-corrected chi connectivity index (χ3v) is 2.65. The van der Waals surface area contributed by atoms with Gasteiger partial charge in [0.1, 0.15) is 0 Å². The van der Waals surface area contributed by atoms with Gasteiger partial charge in [0.05, 0.1) is 12.7 Å². The maximum Gasteiger partial charge on any atom is 0.328 e. The molecular weight excluding hydrogens is 180 g/mol. The van der Waals surface area contributed by atoms with Crippen LogP contribution in [-0.2, 0) is 9.53 Å². The van der Waals surface area contributed by atoms with Gasteiger partial charge < -0.3 is 9.84 Å². The summed E-state index contributed by atoms with van der Waals surface area (Å²) < 4.78 is 5.53. The predicted molar refractivity (Wildman–Crippen MR) is 54.1 cm³/mol. The number of carboxylic acid groups (broad SMARTS) is 1. The van der Waals surface area contributed by atoms with E-state index in [-0.39, 0.29) is 0 Å². The summed E-state index contributed by atoms with van der Waals surface area (Å²) in [4.78, 5) is 10.2. The van der Waals surface area contributed by atoms with Crippen molar-refractivity contribution in [1.29, 1.82) is 0 Å². The number of hydrogen-bond acceptors (Lipinski definition) is 2. The van der Waals surface area contributed by atoms with Gasteiger partial charge in [0.15, 0.2) is 0 Å². The van der Waals surface area contributed by atoms with E-state index < -0.39 is 5.97 Å². The molecule has 3 heteroatoms. The smallest absolute Gasteiger partial charge is 0.328 e. The molecule has 0 unspecified atom stereocenters. The van der Waals surface area contributed by atoms with E-state index in [2.05, 4.69) is 6.92 Å². The molecule has 0 heterocycles. The lowest BCUT2D eigenvalue weighted by atomic mass is 9.89. The Balaban J connectivity index is 2.10. The molecule has 0 saturated heterocycles. The minimum Gasteiger partial charge on any atom is -0.478 e. The van der Waals surface area contributed by atoms with Crippen LogP contribution in [0.3, 0.4) is 0 Å². The van der Waals surface area contributed by atoms with Crippen LogP contribution in [0.15, 0.2) is 12.2 Å². The van der Waals surface area contributed by atoms with E-state index in [1.807, 2.05) is 0 Å². The zero-order valence-corrected chi connectivity index (χ0v) is 8.61. The SMILES string of the molecule is CC1CCC(OCC=CC(=O)O)CC1. The number of aliphatic carboxylic acids is 1. The summed E-state index contributed by atoms with van der Waals surface area (Å²) in [6.45, 7) is 2.69. The molecule has 1 aliphatic rings. The van der Waals surface area contributed by atoms with Crippen molar-refractivity contribution in [2.45, 2.75) is 38.7 Å². The first-order valence-corrected chi connectivity index (χ1v) is 5.19. The van der Waals surface area contributed by atoms with Crippen LogP contribution in [-0.4, -0.2) is 23.8 Å². The molecule has 0 aromatic carbocycles. The zero-order chi connectivity index (χ0) is 10.4. The van der Waals surface area contributed by atoms with Crippen LogP contribution >= 0.6 is 0 Å². The lowest BCUT2D eigenvalue weighted by Crippen LogP contribution is -2.20. The fraction of sp³-hybridized carbons (Fsp3) is 0.727. The van der Waals surface area contributed by atoms with Crippen molar-refractivity contribution < 1.29 is 14.6 Å². The Kier molecular flexibility index (Phi) is 4.66. The molecule has 14 heavy (non-hydrogen) atoms. The molecule has 0 aromatic heterocycles. The largest absolute Gasteiger partial charge is 0.478 e. The van der Waals surface area contributed by atoms with Crippen LogP contribution in [0.2, 0.25) is 0 Å². The highest BCUT2D eigenvalue weighted by Crippen LogP contribution is 2.25. The summed E-state index contributed by atoms with van der Waals surface area (Å²) in [5.74, 6) is -0.0877. The molecule has 0 spiro atoms. The van der Waals surface area contributed by atoms with Crippen molar-refractivity contribution in [1.82, 2.24) is 0 Å². The van der Waals surface area contributed by atoms with Crippen LogP contribution in [0.5, 0.6) is 0 Å². The molecule has 1 rings (SSSR count). The highest BCUT2D eigenvalue weighted by molar-refractivity contribution is 5.79. The maximum absolute atomic E-state index is 10.2. The Morgan fingerprint density at radius 1 is 1.43 bits per heavy atom. The number of rotatable bonds is 4. The standard InChI is InChI=1S/C11H18O3/c1-9-4-6-10(7-5-9)14-8-2-3-11(12)13/h2-3,9-10H,4-8H2,1H3,(H,12,13). The molecule has 80 valence electrons. The fourth-order valence-corrected chi connectivity index (χ4v) is 1.74. The van der Waals surface area contributed by atoms with E-state index >= 15 is 0 Å². The van der Waals surface area contributed by atoms with Crippen LogP contribution in [0.25, 0.3) is 0 Å². The number of hydrogen-bond donors (Lipinski definition) is 1. The van der Waals surface area contributed by atoms with Crippen LogP contribution in [0, 0.1) is 5.92 Å². The van der Waals surface area contributed by atoms with Crippen LogP contribution in [0.4, 0.5) is 0 Å². The Morgan fingerprint density at radius 2 is 2.07 bits per heavy atom. The Hall–Kier alpha value is -0.830. The van der Waals surface area contributed by atoms with Crippen molar-refractivity contribution in [2.24, 2.45) is 5.92 Å². The maximum atomic E-state index is 10.2. The molecule has 3 nitrogen and oxygen atoms in total. The van der Waals surface area contributed by atoms with Gasteiger partial charge in [-0.05, 0) is 31.6 Å². The summed E-state index contributed by atoms with van der Waals surface area (Å²) in [5.41, 5.74) is 0. The zero-order valence-electron chi connectivity index (χ0n) is 8.61. The van der Waals surface area contributed by atoms with Gasteiger partial charge in [-0.25, -0.2) is 4.79 Å². The lowest BCUT2D eigenvalue weighted by molar-refractivity contribution is -0.131. The van der Waals surface area contributed by atoms with Gasteiger partial charge in [-0.2, -0.15) is 0 Å². The summed E-state index contributed by atoms with van der Waals surface area (Å²) in [7, 11) is 0. The van der Waals surface area contributed by atoms with E-state index in [0.717, 1.165) is 24.8 Å². The van der Waals surface area contributed by atoms with Crippen molar-refractivity contribution in [3.8, 4) is 0 Å². The minimum atomic E-state index is -0.911. The van der Waals surface area contributed by atoms with Gasteiger partial charge in [-0.3, -0.25) is 0 Å². The normalized spacial score (nSPS) is 28.1. The minimum absolute atomic E-state index is 0.338. The van der Waals surface area contributed by atoms with Gasteiger partial charge in [0.2, 0.25) is 0 Å². The van der Waals surface area contributed by atoms with Crippen LogP contribution < -0.4 is 0 Å². The molecule has 1 fully saturated rings. The van der Waals surface area contributed by atoms with Crippen molar-refractivity contribution in [3.05, 3.63) is 12.2 Å². The molecule has 1 N–H and O–H groups in total. The topological polar surface area (TPSA) is 46.5 Å². The monoisotopic (exact) mass is 198 g/mol. The summed E-state index contributed by atoms with van der Waals surface area (Å²) in [6, 6.07) is 0. The first-order valence-electron chi connectivity index (χ1n) is 5.19. The molecule has 0 radical (unpaired) electrons. The first kappa shape index (κ1) is 11.2. The van der Waals surface area contributed by atoms with Gasteiger partial charge in [-0.15, -0.1) is 0 Å². The second-order valence-corrected chi connectivity index (χ2v) is 3.96. The van der Waals surface area contributed by atoms with Crippen molar-refractivity contribution in [3.63, 3.8) is 0 Å². The Bertz CT molecular complexity index is 203. The van der Waals surface area contributed by atoms with Gasteiger partial charge in [0, 0.05) is 6.08 Å². The molecule has 1 saturated carbocycles. The number of carbonyl (C=O) groups is 1. The van der Waals surface area contributed by atoms with E-state index in [4.69, 9.17) is 9.84 Å². The van der Waals surface area contributed by atoms with Crippen LogP contribution in [0.1, 0.15) is 32.6 Å². The lowest BCUT2D eigenvalue weighted by Gasteiger charge is -2.25. The average molecular weight is 198 g/mol. The molecule has 0 amide bonds. The molecule has 0 bridgehead atoms. The van der Waals surface area contributed by atoms with Gasteiger partial charge >= 0.3 is 5.97 Å². The Morgan fingerprint density at radius 3 is 2.64 bits per heavy atom. The first-order chi connectivity index (χ1) is 6.68. The molecule has 0 aliphatic heterocycles.